The van der Waals surface area contributed by atoms with E-state index in [-0.39, 0.29) is 0 Å². The van der Waals surface area contributed by atoms with Gasteiger partial charge in [-0.25, -0.2) is 9.97 Å². The molecule has 0 aliphatic heterocycles. The van der Waals surface area contributed by atoms with E-state index in [9.17, 15) is 13.2 Å². The number of anilines is 1. The number of hydrogen-bond acceptors (Lipinski definition) is 4. The minimum absolute atomic E-state index is 0.390. The van der Waals surface area contributed by atoms with Crippen LogP contribution in [0.1, 0.15) is 60.1 Å². The van der Waals surface area contributed by atoms with Gasteiger partial charge in [-0.3, -0.25) is 0 Å². The molecule has 5 rings (SSSR count). The fraction of sp³-hybridized carbons (Fsp3) is 0.500. The lowest BCUT2D eigenvalue weighted by molar-refractivity contribution is -0.137. The Balaban J connectivity index is 1.21. The second-order valence-electron chi connectivity index (χ2n) is 8.87. The lowest BCUT2D eigenvalue weighted by atomic mass is 9.82. The van der Waals surface area contributed by atoms with Crippen molar-refractivity contribution in [2.75, 3.05) is 5.32 Å². The topological polar surface area (TPSA) is 37.8 Å². The molecule has 1 aromatic carbocycles. The third-order valence-electron chi connectivity index (χ3n) is 6.74. The molecule has 3 nitrogen and oxygen atoms in total. The fourth-order valence-corrected chi connectivity index (χ4v) is 6.30. The molecule has 0 spiro atoms. The van der Waals surface area contributed by atoms with Crippen LogP contribution in [0.2, 0.25) is 0 Å². The second kappa shape index (κ2) is 8.41. The summed E-state index contributed by atoms with van der Waals surface area (Å²) < 4.78 is 38.3. The predicted molar refractivity (Wildman–Crippen MR) is 119 cm³/mol. The molecule has 0 unspecified atom stereocenters. The molecule has 2 heterocycles. The van der Waals surface area contributed by atoms with Crippen LogP contribution in [0.4, 0.5) is 19.0 Å². The average molecular weight is 446 g/mol. The van der Waals surface area contributed by atoms with Crippen LogP contribution in [0, 0.1) is 5.92 Å². The van der Waals surface area contributed by atoms with E-state index in [0.29, 0.717) is 12.0 Å². The van der Waals surface area contributed by atoms with E-state index in [1.807, 2.05) is 11.3 Å². The Morgan fingerprint density at radius 3 is 2.45 bits per heavy atom. The molecule has 0 saturated heterocycles. The number of alkyl halides is 3. The molecule has 0 amide bonds. The number of hydrogen-bond donors (Lipinski definition) is 1. The molecule has 7 heteroatoms. The fourth-order valence-electron chi connectivity index (χ4n) is 5.07. The summed E-state index contributed by atoms with van der Waals surface area (Å²) in [6.45, 7) is 0. The van der Waals surface area contributed by atoms with Gasteiger partial charge in [0.2, 0.25) is 0 Å². The van der Waals surface area contributed by atoms with Crippen LogP contribution in [-0.4, -0.2) is 16.0 Å². The number of rotatable bonds is 4. The summed E-state index contributed by atoms with van der Waals surface area (Å²) in [5.41, 5.74) is 1.87. The van der Waals surface area contributed by atoms with Crippen molar-refractivity contribution in [1.82, 2.24) is 9.97 Å². The standard InChI is InChI=1S/C24H26F3N3S/c25-24(26,27)17-9-5-15(6-10-17)13-16-7-11-18(12-8-16)30-22-21-19-3-1-2-4-20(19)31-23(21)29-14-28-22/h5-6,9-10,14,16,18H,1-4,7-8,11-13H2,(H,28,29,30). The third kappa shape index (κ3) is 4.43. The molecule has 1 fully saturated rings. The normalized spacial score (nSPS) is 21.8. The van der Waals surface area contributed by atoms with Gasteiger partial charge in [0.15, 0.2) is 0 Å². The Kier molecular flexibility index (Phi) is 5.63. The number of nitrogens with one attached hydrogen (secondary N) is 1. The van der Waals surface area contributed by atoms with Crippen molar-refractivity contribution in [2.24, 2.45) is 5.92 Å². The first-order chi connectivity index (χ1) is 15.0. The van der Waals surface area contributed by atoms with Gasteiger partial charge in [0.1, 0.15) is 17.0 Å². The van der Waals surface area contributed by atoms with Crippen molar-refractivity contribution in [1.29, 1.82) is 0 Å². The molecule has 0 atom stereocenters. The average Bonchev–Trinajstić information content (AvgIpc) is 3.14. The highest BCUT2D eigenvalue weighted by atomic mass is 32.1. The third-order valence-corrected chi connectivity index (χ3v) is 7.94. The number of thiophene rings is 1. The Hall–Kier alpha value is -2.15. The van der Waals surface area contributed by atoms with Gasteiger partial charge in [0, 0.05) is 10.9 Å². The molecular weight excluding hydrogens is 419 g/mol. The van der Waals surface area contributed by atoms with Gasteiger partial charge in [-0.1, -0.05) is 12.1 Å². The van der Waals surface area contributed by atoms with Gasteiger partial charge in [-0.2, -0.15) is 13.2 Å². The van der Waals surface area contributed by atoms with E-state index < -0.39 is 11.7 Å². The summed E-state index contributed by atoms with van der Waals surface area (Å²) in [7, 11) is 0. The zero-order valence-electron chi connectivity index (χ0n) is 17.3. The van der Waals surface area contributed by atoms with Crippen molar-refractivity contribution < 1.29 is 13.2 Å². The van der Waals surface area contributed by atoms with E-state index in [0.717, 1.165) is 61.2 Å². The van der Waals surface area contributed by atoms with Crippen LogP contribution in [-0.2, 0) is 25.4 Å². The highest BCUT2D eigenvalue weighted by molar-refractivity contribution is 7.19. The van der Waals surface area contributed by atoms with E-state index in [1.165, 1.54) is 40.8 Å². The first kappa shape index (κ1) is 20.7. The molecule has 2 aromatic heterocycles. The van der Waals surface area contributed by atoms with E-state index >= 15 is 0 Å². The van der Waals surface area contributed by atoms with Crippen molar-refractivity contribution >= 4 is 27.4 Å². The number of fused-ring (bicyclic) bond motifs is 3. The molecule has 1 saturated carbocycles. The van der Waals surface area contributed by atoms with Crippen LogP contribution in [0.3, 0.4) is 0 Å². The Morgan fingerprint density at radius 2 is 1.71 bits per heavy atom. The van der Waals surface area contributed by atoms with Crippen LogP contribution in [0.15, 0.2) is 30.6 Å². The Labute approximate surface area is 184 Å². The number of benzene rings is 1. The molecule has 0 bridgehead atoms. The maximum Gasteiger partial charge on any atom is 0.416 e. The highest BCUT2D eigenvalue weighted by Crippen LogP contribution is 2.39. The van der Waals surface area contributed by atoms with Crippen molar-refractivity contribution in [3.05, 3.63) is 52.2 Å². The zero-order chi connectivity index (χ0) is 21.4. The summed E-state index contributed by atoms with van der Waals surface area (Å²) in [5, 5.41) is 4.93. The van der Waals surface area contributed by atoms with E-state index in [1.54, 1.807) is 18.5 Å². The predicted octanol–water partition coefficient (Wildman–Crippen LogP) is 6.80. The maximum absolute atomic E-state index is 12.8. The first-order valence-corrected chi connectivity index (χ1v) is 12.0. The van der Waals surface area contributed by atoms with Crippen LogP contribution >= 0.6 is 11.3 Å². The van der Waals surface area contributed by atoms with Crippen LogP contribution < -0.4 is 5.32 Å². The molecule has 164 valence electrons. The minimum Gasteiger partial charge on any atom is -0.367 e. The van der Waals surface area contributed by atoms with Crippen LogP contribution in [0.25, 0.3) is 10.2 Å². The van der Waals surface area contributed by atoms with E-state index in [2.05, 4.69) is 15.3 Å². The zero-order valence-corrected chi connectivity index (χ0v) is 18.2. The van der Waals surface area contributed by atoms with Gasteiger partial charge in [0.25, 0.3) is 0 Å². The second-order valence-corrected chi connectivity index (χ2v) is 9.96. The number of halogens is 3. The number of nitrogens with zero attached hydrogens (tertiary/aromatic N) is 2. The molecular formula is C24H26F3N3S. The van der Waals surface area contributed by atoms with E-state index in [4.69, 9.17) is 0 Å². The van der Waals surface area contributed by atoms with Gasteiger partial charge in [-0.15, -0.1) is 11.3 Å². The quantitative estimate of drug-likeness (QED) is 0.480. The SMILES string of the molecule is FC(F)(F)c1ccc(CC2CCC(Nc3ncnc4sc5c(c34)CCCC5)CC2)cc1. The lowest BCUT2D eigenvalue weighted by Gasteiger charge is -2.30. The van der Waals surface area contributed by atoms with Crippen molar-refractivity contribution in [2.45, 2.75) is 70.0 Å². The number of aromatic nitrogens is 2. The smallest absolute Gasteiger partial charge is 0.367 e. The monoisotopic (exact) mass is 445 g/mol. The maximum atomic E-state index is 12.8. The largest absolute Gasteiger partial charge is 0.416 e. The summed E-state index contributed by atoms with van der Waals surface area (Å²) >= 11 is 1.82. The van der Waals surface area contributed by atoms with Crippen molar-refractivity contribution in [3.63, 3.8) is 0 Å². The molecule has 3 aromatic rings. The first-order valence-electron chi connectivity index (χ1n) is 11.2. The van der Waals surface area contributed by atoms with Gasteiger partial charge >= 0.3 is 6.18 Å². The summed E-state index contributed by atoms with van der Waals surface area (Å²) in [6, 6.07) is 6.05. The summed E-state index contributed by atoms with van der Waals surface area (Å²) in [4.78, 5) is 11.7. The molecule has 0 radical (unpaired) electrons. The van der Waals surface area contributed by atoms with Crippen LogP contribution in [0.5, 0.6) is 0 Å². The molecule has 1 N–H and O–H groups in total. The Bertz CT molecular complexity index is 1050. The minimum atomic E-state index is -4.27. The highest BCUT2D eigenvalue weighted by Gasteiger charge is 2.30. The summed E-state index contributed by atoms with van der Waals surface area (Å²) in [6.07, 6.45) is 7.30. The molecule has 2 aliphatic rings. The van der Waals surface area contributed by atoms with Crippen molar-refractivity contribution in [3.8, 4) is 0 Å². The van der Waals surface area contributed by atoms with Gasteiger partial charge in [-0.05, 0) is 87.0 Å². The number of aryl methyl sites for hydroxylation is 2. The lowest BCUT2D eigenvalue weighted by Crippen LogP contribution is -2.27. The molecule has 2 aliphatic carbocycles. The Morgan fingerprint density at radius 1 is 0.968 bits per heavy atom. The molecule has 31 heavy (non-hydrogen) atoms. The van der Waals surface area contributed by atoms with Gasteiger partial charge in [0.05, 0.1) is 10.9 Å². The van der Waals surface area contributed by atoms with Gasteiger partial charge < -0.3 is 5.32 Å². The summed E-state index contributed by atoms with van der Waals surface area (Å²) in [5.74, 6) is 1.50.